The highest BCUT2D eigenvalue weighted by atomic mass is 32.2. The summed E-state index contributed by atoms with van der Waals surface area (Å²) >= 11 is 0. The van der Waals surface area contributed by atoms with Crippen LogP contribution < -0.4 is 4.90 Å². The molecule has 1 saturated heterocycles. The molecule has 0 unspecified atom stereocenters. The van der Waals surface area contributed by atoms with Crippen LogP contribution in [0.4, 0.5) is 10.5 Å². The third kappa shape index (κ3) is 3.21. The van der Waals surface area contributed by atoms with Crippen molar-refractivity contribution in [1.29, 1.82) is 0 Å². The fourth-order valence-corrected chi connectivity index (χ4v) is 5.39. The van der Waals surface area contributed by atoms with Gasteiger partial charge in [-0.2, -0.15) is 4.31 Å². The van der Waals surface area contributed by atoms with E-state index in [1.807, 2.05) is 25.1 Å². The van der Waals surface area contributed by atoms with Crippen molar-refractivity contribution in [3.8, 4) is 0 Å². The second-order valence-electron chi connectivity index (χ2n) is 6.96. The molecule has 0 spiro atoms. The van der Waals surface area contributed by atoms with Gasteiger partial charge >= 0.3 is 6.09 Å². The first-order valence-corrected chi connectivity index (χ1v) is 10.5. The van der Waals surface area contributed by atoms with Crippen molar-refractivity contribution >= 4 is 21.8 Å². The molecule has 0 saturated carbocycles. The first kappa shape index (κ1) is 18.0. The maximum absolute atomic E-state index is 12.8. The number of cyclic esters (lactones) is 1. The molecule has 7 heteroatoms. The molecule has 2 heterocycles. The number of carbonyl (C=O) groups is 1. The van der Waals surface area contributed by atoms with E-state index >= 15 is 0 Å². The Bertz CT molecular complexity index is 951. The average molecular weight is 386 g/mol. The normalized spacial score (nSPS) is 18.9. The lowest BCUT2D eigenvalue weighted by atomic mass is 10.00. The second kappa shape index (κ2) is 6.98. The molecule has 0 radical (unpaired) electrons. The van der Waals surface area contributed by atoms with E-state index in [1.165, 1.54) is 4.31 Å². The summed E-state index contributed by atoms with van der Waals surface area (Å²) < 4.78 is 32.5. The summed E-state index contributed by atoms with van der Waals surface area (Å²) in [6.07, 6.45) is 0.810. The zero-order chi connectivity index (χ0) is 19.0. The number of hydrogen-bond donors (Lipinski definition) is 0. The van der Waals surface area contributed by atoms with Gasteiger partial charge in [0.2, 0.25) is 10.0 Å². The SMILES string of the molecule is Cc1cccc2c1N(C1CCN(S(=O)(=O)c3ccccc3)CC1)C(=O)OC2. The van der Waals surface area contributed by atoms with E-state index in [-0.39, 0.29) is 18.7 Å². The van der Waals surface area contributed by atoms with E-state index in [1.54, 1.807) is 35.2 Å². The molecule has 0 atom stereocenters. The molecule has 2 aliphatic rings. The minimum atomic E-state index is -3.50. The molecule has 6 nitrogen and oxygen atoms in total. The predicted molar refractivity (Wildman–Crippen MR) is 102 cm³/mol. The second-order valence-corrected chi connectivity index (χ2v) is 8.89. The summed E-state index contributed by atoms with van der Waals surface area (Å²) in [4.78, 5) is 14.5. The van der Waals surface area contributed by atoms with Gasteiger partial charge in [0.25, 0.3) is 0 Å². The van der Waals surface area contributed by atoms with Crippen LogP contribution in [0, 0.1) is 6.92 Å². The molecule has 2 aliphatic heterocycles. The van der Waals surface area contributed by atoms with E-state index in [9.17, 15) is 13.2 Å². The van der Waals surface area contributed by atoms with Crippen LogP contribution in [0.25, 0.3) is 0 Å². The zero-order valence-corrected chi connectivity index (χ0v) is 16.0. The molecule has 142 valence electrons. The van der Waals surface area contributed by atoms with Gasteiger partial charge in [0.05, 0.1) is 10.6 Å². The van der Waals surface area contributed by atoms with Gasteiger partial charge in [0.1, 0.15) is 6.61 Å². The molecule has 4 rings (SSSR count). The Morgan fingerprint density at radius 1 is 1.00 bits per heavy atom. The van der Waals surface area contributed by atoms with Crippen LogP contribution in [0.2, 0.25) is 0 Å². The minimum Gasteiger partial charge on any atom is -0.444 e. The van der Waals surface area contributed by atoms with Gasteiger partial charge in [0.15, 0.2) is 0 Å². The Morgan fingerprint density at radius 3 is 2.41 bits per heavy atom. The number of sulfonamides is 1. The van der Waals surface area contributed by atoms with Crippen molar-refractivity contribution in [3.05, 3.63) is 59.7 Å². The monoisotopic (exact) mass is 386 g/mol. The molecule has 0 aliphatic carbocycles. The Kier molecular flexibility index (Phi) is 4.65. The summed E-state index contributed by atoms with van der Waals surface area (Å²) in [7, 11) is -3.50. The molecule has 2 aromatic rings. The number of anilines is 1. The quantitative estimate of drug-likeness (QED) is 0.812. The Balaban J connectivity index is 1.55. The van der Waals surface area contributed by atoms with E-state index < -0.39 is 10.0 Å². The van der Waals surface area contributed by atoms with Crippen LogP contribution in [-0.2, 0) is 21.4 Å². The molecular formula is C20H22N2O4S. The predicted octanol–water partition coefficient (Wildman–Crippen LogP) is 3.30. The molecule has 27 heavy (non-hydrogen) atoms. The van der Waals surface area contributed by atoms with Crippen LogP contribution in [0.15, 0.2) is 53.4 Å². The summed E-state index contributed by atoms with van der Waals surface area (Å²) in [6.45, 7) is 3.03. The molecule has 1 amide bonds. The summed E-state index contributed by atoms with van der Waals surface area (Å²) in [5.74, 6) is 0. The summed E-state index contributed by atoms with van der Waals surface area (Å²) in [5.41, 5.74) is 2.94. The topological polar surface area (TPSA) is 66.9 Å². The smallest absolute Gasteiger partial charge is 0.414 e. The fourth-order valence-electron chi connectivity index (χ4n) is 3.90. The highest BCUT2D eigenvalue weighted by Crippen LogP contribution is 2.35. The van der Waals surface area contributed by atoms with Crippen molar-refractivity contribution in [2.75, 3.05) is 18.0 Å². The van der Waals surface area contributed by atoms with Crippen molar-refractivity contribution in [2.45, 2.75) is 37.3 Å². The number of carbonyl (C=O) groups excluding carboxylic acids is 1. The first-order valence-electron chi connectivity index (χ1n) is 9.08. The van der Waals surface area contributed by atoms with E-state index in [4.69, 9.17) is 4.74 Å². The van der Waals surface area contributed by atoms with Gasteiger partial charge in [0, 0.05) is 24.7 Å². The van der Waals surface area contributed by atoms with Crippen LogP contribution in [0.1, 0.15) is 24.0 Å². The summed E-state index contributed by atoms with van der Waals surface area (Å²) in [5, 5.41) is 0. The molecule has 0 aromatic heterocycles. The Hall–Kier alpha value is -2.38. The summed E-state index contributed by atoms with van der Waals surface area (Å²) in [6, 6.07) is 14.3. The van der Waals surface area contributed by atoms with E-state index in [0.29, 0.717) is 30.8 Å². The number of fused-ring (bicyclic) bond motifs is 1. The first-order chi connectivity index (χ1) is 13.0. The van der Waals surface area contributed by atoms with E-state index in [0.717, 1.165) is 16.8 Å². The van der Waals surface area contributed by atoms with Crippen molar-refractivity contribution < 1.29 is 17.9 Å². The number of hydrogen-bond acceptors (Lipinski definition) is 4. The number of rotatable bonds is 3. The average Bonchev–Trinajstić information content (AvgIpc) is 2.69. The van der Waals surface area contributed by atoms with Gasteiger partial charge in [-0.15, -0.1) is 0 Å². The lowest BCUT2D eigenvalue weighted by Gasteiger charge is -2.40. The maximum atomic E-state index is 12.8. The maximum Gasteiger partial charge on any atom is 0.414 e. The number of nitrogens with zero attached hydrogens (tertiary/aromatic N) is 2. The molecule has 0 N–H and O–H groups in total. The molecule has 0 bridgehead atoms. The van der Waals surface area contributed by atoms with Crippen molar-refractivity contribution in [3.63, 3.8) is 0 Å². The van der Waals surface area contributed by atoms with Crippen molar-refractivity contribution in [2.24, 2.45) is 0 Å². The Morgan fingerprint density at radius 2 is 1.70 bits per heavy atom. The molecule has 1 fully saturated rings. The number of benzene rings is 2. The number of piperidine rings is 1. The van der Waals surface area contributed by atoms with Gasteiger partial charge in [-0.05, 0) is 37.5 Å². The van der Waals surface area contributed by atoms with Gasteiger partial charge in [-0.25, -0.2) is 13.2 Å². The van der Waals surface area contributed by atoms with Gasteiger partial charge in [-0.3, -0.25) is 4.90 Å². The lowest BCUT2D eigenvalue weighted by molar-refractivity contribution is 0.135. The van der Waals surface area contributed by atoms with Crippen molar-refractivity contribution in [1.82, 2.24) is 4.31 Å². The Labute approximate surface area is 159 Å². The fraction of sp³-hybridized carbons (Fsp3) is 0.350. The van der Waals surface area contributed by atoms with Crippen LogP contribution in [0.5, 0.6) is 0 Å². The third-order valence-corrected chi connectivity index (χ3v) is 7.19. The van der Waals surface area contributed by atoms with Gasteiger partial charge < -0.3 is 4.74 Å². The van der Waals surface area contributed by atoms with Crippen LogP contribution in [-0.4, -0.2) is 37.9 Å². The largest absolute Gasteiger partial charge is 0.444 e. The van der Waals surface area contributed by atoms with E-state index in [2.05, 4.69) is 0 Å². The van der Waals surface area contributed by atoms with Crippen LogP contribution >= 0.6 is 0 Å². The molecular weight excluding hydrogens is 364 g/mol. The highest BCUT2D eigenvalue weighted by molar-refractivity contribution is 7.89. The lowest BCUT2D eigenvalue weighted by Crippen LogP contribution is -2.50. The third-order valence-electron chi connectivity index (χ3n) is 5.28. The zero-order valence-electron chi connectivity index (χ0n) is 15.2. The standard InChI is InChI=1S/C20H22N2O4S/c1-15-6-5-7-16-14-26-20(23)22(19(15)16)17-10-12-21(13-11-17)27(24,25)18-8-3-2-4-9-18/h2-9,17H,10-14H2,1H3. The highest BCUT2D eigenvalue weighted by Gasteiger charge is 2.37. The number of para-hydroxylation sites is 1. The minimum absolute atomic E-state index is 0.0696. The molecule has 2 aromatic carbocycles. The van der Waals surface area contributed by atoms with Crippen LogP contribution in [0.3, 0.4) is 0 Å². The van der Waals surface area contributed by atoms with Gasteiger partial charge in [-0.1, -0.05) is 36.4 Å². The number of ether oxygens (including phenoxy) is 1. The number of aryl methyl sites for hydroxylation is 1. The number of amides is 1.